The number of benzene rings is 2. The molecule has 0 saturated carbocycles. The third-order valence-corrected chi connectivity index (χ3v) is 4.45. The van der Waals surface area contributed by atoms with E-state index in [-0.39, 0.29) is 5.75 Å². The number of tetrazole rings is 1. The molecule has 29 heavy (non-hydrogen) atoms. The normalized spacial score (nSPS) is 14.8. The van der Waals surface area contributed by atoms with Crippen molar-refractivity contribution >= 4 is 0 Å². The van der Waals surface area contributed by atoms with Crippen molar-refractivity contribution in [3.63, 3.8) is 0 Å². The summed E-state index contributed by atoms with van der Waals surface area (Å²) >= 11 is 0. The second-order valence-electron chi connectivity index (χ2n) is 6.23. The van der Waals surface area contributed by atoms with E-state index in [0.29, 0.717) is 23.5 Å². The van der Waals surface area contributed by atoms with Gasteiger partial charge in [0.2, 0.25) is 0 Å². The van der Waals surface area contributed by atoms with Gasteiger partial charge in [0.05, 0.1) is 6.61 Å². The van der Waals surface area contributed by atoms with Crippen molar-refractivity contribution in [2.45, 2.75) is 31.9 Å². The highest BCUT2D eigenvalue weighted by molar-refractivity contribution is 5.42. The first kappa shape index (κ1) is 20.6. The smallest absolute Gasteiger partial charge is 0.494 e. The summed E-state index contributed by atoms with van der Waals surface area (Å²) in [5.74, 6) is 0.237. The van der Waals surface area contributed by atoms with Gasteiger partial charge in [0.25, 0.3) is 0 Å². The van der Waals surface area contributed by atoms with E-state index in [4.69, 9.17) is 4.74 Å². The highest BCUT2D eigenvalue weighted by Gasteiger charge is 2.40. The van der Waals surface area contributed by atoms with Gasteiger partial charge < -0.3 is 14.6 Å². The van der Waals surface area contributed by atoms with Crippen molar-refractivity contribution in [2.75, 3.05) is 6.61 Å². The lowest BCUT2D eigenvalue weighted by Crippen LogP contribution is -2.37. The molecular weight excluding hydrogens is 389 g/mol. The Kier molecular flexibility index (Phi) is 5.73. The maximum Gasteiger partial charge on any atom is 0.573 e. The third-order valence-electron chi connectivity index (χ3n) is 4.45. The lowest BCUT2D eigenvalue weighted by Gasteiger charge is -2.34. The largest absolute Gasteiger partial charge is 0.573 e. The molecule has 1 aromatic heterocycles. The standard InChI is InChI=1S/C19H19F3N4O3/c1-3-28-16-8-4-14(5-9-16)18(27,13(2)26-24-12-23-25-26)15-6-10-17(11-7-15)29-19(20,21)22/h4-13,27H,3H2,1-2H3. The molecule has 0 radical (unpaired) electrons. The van der Waals surface area contributed by atoms with Crippen LogP contribution in [0.4, 0.5) is 13.2 Å². The SMILES string of the molecule is CCOc1ccc(C(O)(c2ccc(OC(F)(F)F)cc2)C(C)n2ncnn2)cc1. The topological polar surface area (TPSA) is 82.3 Å². The van der Waals surface area contributed by atoms with E-state index in [2.05, 4.69) is 20.1 Å². The van der Waals surface area contributed by atoms with Gasteiger partial charge in [-0.05, 0) is 54.5 Å². The number of aromatic nitrogens is 4. The van der Waals surface area contributed by atoms with Crippen LogP contribution >= 0.6 is 0 Å². The van der Waals surface area contributed by atoms with Crippen molar-refractivity contribution in [1.82, 2.24) is 20.2 Å². The lowest BCUT2D eigenvalue weighted by atomic mass is 9.81. The van der Waals surface area contributed by atoms with Crippen LogP contribution < -0.4 is 9.47 Å². The number of aliphatic hydroxyl groups is 1. The van der Waals surface area contributed by atoms with Gasteiger partial charge in [-0.1, -0.05) is 24.3 Å². The molecule has 3 aromatic rings. The van der Waals surface area contributed by atoms with Crippen molar-refractivity contribution in [1.29, 1.82) is 0 Å². The Morgan fingerprint density at radius 3 is 2.00 bits per heavy atom. The van der Waals surface area contributed by atoms with E-state index in [1.54, 1.807) is 31.2 Å². The van der Waals surface area contributed by atoms with Gasteiger partial charge in [-0.25, -0.2) is 0 Å². The molecule has 154 valence electrons. The summed E-state index contributed by atoms with van der Waals surface area (Å²) in [6.07, 6.45) is -3.57. The maximum absolute atomic E-state index is 12.4. The van der Waals surface area contributed by atoms with Crippen LogP contribution in [-0.4, -0.2) is 38.3 Å². The van der Waals surface area contributed by atoms with Gasteiger partial charge in [-0.3, -0.25) is 0 Å². The van der Waals surface area contributed by atoms with E-state index < -0.39 is 18.0 Å². The van der Waals surface area contributed by atoms with Gasteiger partial charge in [0, 0.05) is 0 Å². The number of hydrogen-bond donors (Lipinski definition) is 1. The van der Waals surface area contributed by atoms with E-state index in [9.17, 15) is 18.3 Å². The summed E-state index contributed by atoms with van der Waals surface area (Å²) in [4.78, 5) is 1.23. The molecular formula is C19H19F3N4O3. The van der Waals surface area contributed by atoms with Crippen molar-refractivity contribution in [2.24, 2.45) is 0 Å². The van der Waals surface area contributed by atoms with Crippen molar-refractivity contribution < 1.29 is 27.8 Å². The summed E-state index contributed by atoms with van der Waals surface area (Å²) in [5, 5.41) is 23.2. The Labute approximate surface area is 164 Å². The highest BCUT2D eigenvalue weighted by atomic mass is 19.4. The zero-order valence-corrected chi connectivity index (χ0v) is 15.7. The summed E-state index contributed by atoms with van der Waals surface area (Å²) in [6.45, 7) is 4.02. The fourth-order valence-corrected chi connectivity index (χ4v) is 3.05. The number of hydrogen-bond acceptors (Lipinski definition) is 6. The minimum Gasteiger partial charge on any atom is -0.494 e. The van der Waals surface area contributed by atoms with Gasteiger partial charge in [-0.2, -0.15) is 4.80 Å². The average molecular weight is 408 g/mol. The van der Waals surface area contributed by atoms with E-state index in [1.165, 1.54) is 23.3 Å². The van der Waals surface area contributed by atoms with Crippen molar-refractivity contribution in [3.05, 3.63) is 66.0 Å². The van der Waals surface area contributed by atoms with Gasteiger partial charge >= 0.3 is 6.36 Å². The monoisotopic (exact) mass is 408 g/mol. The van der Waals surface area contributed by atoms with E-state index in [1.807, 2.05) is 6.92 Å². The minimum atomic E-state index is -4.80. The molecule has 0 bridgehead atoms. The molecule has 10 heteroatoms. The molecule has 0 aliphatic rings. The molecule has 0 fully saturated rings. The highest BCUT2D eigenvalue weighted by Crippen LogP contribution is 2.40. The Balaban J connectivity index is 2.03. The van der Waals surface area contributed by atoms with Gasteiger partial charge in [0.15, 0.2) is 6.33 Å². The molecule has 0 spiro atoms. The Morgan fingerprint density at radius 1 is 1.00 bits per heavy atom. The Hall–Kier alpha value is -3.14. The Morgan fingerprint density at radius 2 is 1.55 bits per heavy atom. The van der Waals surface area contributed by atoms with E-state index >= 15 is 0 Å². The maximum atomic E-state index is 12.4. The molecule has 1 heterocycles. The number of rotatable bonds is 7. The molecule has 0 aliphatic heterocycles. The van der Waals surface area contributed by atoms with Crippen LogP contribution in [0.2, 0.25) is 0 Å². The molecule has 0 amide bonds. The van der Waals surface area contributed by atoms with Crippen LogP contribution in [0.25, 0.3) is 0 Å². The molecule has 7 nitrogen and oxygen atoms in total. The van der Waals surface area contributed by atoms with Crippen LogP contribution in [0.5, 0.6) is 11.5 Å². The summed E-state index contributed by atoms with van der Waals surface area (Å²) in [6, 6.07) is 11.1. The van der Waals surface area contributed by atoms with Crippen molar-refractivity contribution in [3.8, 4) is 11.5 Å². The number of halogens is 3. The van der Waals surface area contributed by atoms with Crippen LogP contribution in [0.1, 0.15) is 31.0 Å². The zero-order valence-electron chi connectivity index (χ0n) is 15.7. The summed E-state index contributed by atoms with van der Waals surface area (Å²) in [7, 11) is 0. The number of nitrogens with zero attached hydrogens (tertiary/aromatic N) is 4. The predicted molar refractivity (Wildman–Crippen MR) is 96.3 cm³/mol. The molecule has 1 N–H and O–H groups in total. The summed E-state index contributed by atoms with van der Waals surface area (Å²) < 4.78 is 46.7. The first-order valence-corrected chi connectivity index (χ1v) is 8.78. The average Bonchev–Trinajstić information content (AvgIpc) is 3.22. The second-order valence-corrected chi connectivity index (χ2v) is 6.23. The first-order chi connectivity index (χ1) is 13.7. The Bertz CT molecular complexity index is 915. The predicted octanol–water partition coefficient (Wildman–Crippen LogP) is 3.47. The fourth-order valence-electron chi connectivity index (χ4n) is 3.05. The molecule has 2 aromatic carbocycles. The van der Waals surface area contributed by atoms with Crippen LogP contribution in [-0.2, 0) is 5.60 Å². The first-order valence-electron chi connectivity index (χ1n) is 8.78. The molecule has 2 unspecified atom stereocenters. The zero-order chi connectivity index (χ0) is 21.1. The molecule has 2 atom stereocenters. The quantitative estimate of drug-likeness (QED) is 0.645. The van der Waals surface area contributed by atoms with E-state index in [0.717, 1.165) is 12.1 Å². The van der Waals surface area contributed by atoms with Gasteiger partial charge in [-0.15, -0.1) is 23.4 Å². The third kappa shape index (κ3) is 4.48. The van der Waals surface area contributed by atoms with Crippen LogP contribution in [0.15, 0.2) is 54.9 Å². The van der Waals surface area contributed by atoms with Crippen LogP contribution in [0.3, 0.4) is 0 Å². The molecule has 0 aliphatic carbocycles. The van der Waals surface area contributed by atoms with Crippen LogP contribution in [0, 0.1) is 0 Å². The molecule has 0 saturated heterocycles. The number of ether oxygens (including phenoxy) is 2. The minimum absolute atomic E-state index is 0.334. The molecule has 3 rings (SSSR count). The second kappa shape index (κ2) is 8.08. The number of alkyl halides is 3. The lowest BCUT2D eigenvalue weighted by molar-refractivity contribution is -0.274. The summed E-state index contributed by atoms with van der Waals surface area (Å²) in [5.41, 5.74) is -0.849. The fraction of sp³-hybridized carbons (Fsp3) is 0.316. The van der Waals surface area contributed by atoms with Gasteiger partial charge in [0.1, 0.15) is 23.1 Å².